The van der Waals surface area contributed by atoms with Crippen molar-refractivity contribution < 1.29 is 14.3 Å². The van der Waals surface area contributed by atoms with E-state index in [0.717, 1.165) is 28.3 Å². The van der Waals surface area contributed by atoms with Crippen molar-refractivity contribution in [2.24, 2.45) is 4.99 Å². The van der Waals surface area contributed by atoms with Gasteiger partial charge in [-0.2, -0.15) is 0 Å². The minimum atomic E-state index is -1.66. The molecule has 0 radical (unpaired) electrons. The molecular weight excluding hydrogens is 485 g/mol. The number of halogens is 3. The minimum Gasteiger partial charge on any atom is -0.496 e. The Morgan fingerprint density at radius 3 is 2.15 bits per heavy atom. The highest BCUT2D eigenvalue weighted by Crippen LogP contribution is 2.33. The molecule has 6 nitrogen and oxygen atoms in total. The quantitative estimate of drug-likeness (QED) is 0.289. The maximum Gasteiger partial charge on any atom is 0.411 e. The first kappa shape index (κ1) is 28.6. The Labute approximate surface area is 210 Å². The van der Waals surface area contributed by atoms with Gasteiger partial charge in [0.2, 0.25) is 3.79 Å². The number of nitrogens with one attached hydrogen (secondary N) is 2. The van der Waals surface area contributed by atoms with Gasteiger partial charge in [0.15, 0.2) is 0 Å². The standard InChI is InChI=1S/C21H22Cl3N3O3.C3H8/c1-5-25-18-11-19(29-4)13(2)10-17(18)14(3)26-15-6-8-16(9-7-15)27-20(28)30-12-21(22,23)24;1-3-2/h5-11,26H,3,12H2,1-2,4H3,(H,27,28);3H2,1-2H3. The molecule has 180 valence electrons. The van der Waals surface area contributed by atoms with Gasteiger partial charge in [0.1, 0.15) is 12.4 Å². The number of aryl methyl sites for hydroxylation is 1. The van der Waals surface area contributed by atoms with Crippen LogP contribution in [0.15, 0.2) is 48.0 Å². The Kier molecular flexibility index (Phi) is 12.1. The van der Waals surface area contributed by atoms with Crippen LogP contribution in [-0.4, -0.2) is 29.8 Å². The normalized spacial score (nSPS) is 10.8. The van der Waals surface area contributed by atoms with Crippen LogP contribution in [0.2, 0.25) is 0 Å². The molecule has 2 rings (SSSR count). The van der Waals surface area contributed by atoms with E-state index in [2.05, 4.69) is 36.1 Å². The fourth-order valence-corrected chi connectivity index (χ4v) is 2.73. The highest BCUT2D eigenvalue weighted by atomic mass is 35.6. The lowest BCUT2D eigenvalue weighted by Crippen LogP contribution is -2.21. The topological polar surface area (TPSA) is 72.0 Å². The number of rotatable bonds is 7. The van der Waals surface area contributed by atoms with E-state index in [9.17, 15) is 4.79 Å². The summed E-state index contributed by atoms with van der Waals surface area (Å²) in [5.74, 6) is 0.754. The molecule has 2 aromatic rings. The van der Waals surface area contributed by atoms with Gasteiger partial charge in [0.05, 0.1) is 12.8 Å². The van der Waals surface area contributed by atoms with Crippen LogP contribution < -0.4 is 15.4 Å². The Balaban J connectivity index is 0.00000172. The SMILES string of the molecule is C=C(Nc1ccc(NC(=O)OCC(Cl)(Cl)Cl)cc1)c1cc(C)c(OC)cc1N=CC.CCC. The third-order valence-corrected chi connectivity index (χ3v) is 4.23. The Bertz CT molecular complexity index is 956. The van der Waals surface area contributed by atoms with E-state index in [-0.39, 0.29) is 6.61 Å². The van der Waals surface area contributed by atoms with Crippen molar-refractivity contribution in [2.75, 3.05) is 24.4 Å². The zero-order chi connectivity index (χ0) is 25.0. The number of methoxy groups -OCH3 is 1. The maximum absolute atomic E-state index is 11.7. The van der Waals surface area contributed by atoms with Crippen LogP contribution in [0.5, 0.6) is 5.75 Å². The van der Waals surface area contributed by atoms with E-state index in [1.807, 2.05) is 26.0 Å². The summed E-state index contributed by atoms with van der Waals surface area (Å²) < 4.78 is 8.54. The summed E-state index contributed by atoms with van der Waals surface area (Å²) >= 11 is 16.7. The molecule has 0 aliphatic rings. The van der Waals surface area contributed by atoms with Gasteiger partial charge in [0.25, 0.3) is 0 Å². The predicted octanol–water partition coefficient (Wildman–Crippen LogP) is 8.14. The number of alkyl halides is 3. The summed E-state index contributed by atoms with van der Waals surface area (Å²) in [6.45, 7) is 11.8. The van der Waals surface area contributed by atoms with Crippen molar-refractivity contribution in [3.8, 4) is 5.75 Å². The average molecular weight is 515 g/mol. The molecule has 0 aliphatic carbocycles. The second-order valence-electron chi connectivity index (χ2n) is 6.93. The third kappa shape index (κ3) is 10.4. The van der Waals surface area contributed by atoms with Crippen molar-refractivity contribution in [1.29, 1.82) is 0 Å². The van der Waals surface area contributed by atoms with E-state index < -0.39 is 9.89 Å². The summed E-state index contributed by atoms with van der Waals surface area (Å²) in [5, 5.41) is 5.79. The number of aliphatic imine (C=N–C) groups is 1. The molecule has 2 N–H and O–H groups in total. The molecule has 0 unspecified atom stereocenters. The van der Waals surface area contributed by atoms with Crippen molar-refractivity contribution >= 4 is 69.9 Å². The molecule has 0 saturated carbocycles. The first-order valence-electron chi connectivity index (χ1n) is 10.3. The Hall–Kier alpha value is -2.41. The molecule has 0 saturated heterocycles. The molecule has 9 heteroatoms. The highest BCUT2D eigenvalue weighted by molar-refractivity contribution is 6.67. The smallest absolute Gasteiger partial charge is 0.411 e. The average Bonchev–Trinajstić information content (AvgIpc) is 2.75. The van der Waals surface area contributed by atoms with Gasteiger partial charge in [0, 0.05) is 34.9 Å². The molecule has 33 heavy (non-hydrogen) atoms. The molecule has 0 aromatic heterocycles. The fourth-order valence-electron chi connectivity index (χ4n) is 2.56. The van der Waals surface area contributed by atoms with Crippen LogP contribution >= 0.6 is 34.8 Å². The summed E-state index contributed by atoms with van der Waals surface area (Å²) in [7, 11) is 1.62. The molecule has 0 fully saturated rings. The summed E-state index contributed by atoms with van der Waals surface area (Å²) in [6.07, 6.45) is 2.24. The van der Waals surface area contributed by atoms with E-state index in [4.69, 9.17) is 44.3 Å². The number of carbonyl (C=O) groups is 1. The van der Waals surface area contributed by atoms with Gasteiger partial charge in [-0.25, -0.2) is 4.79 Å². The second kappa shape index (κ2) is 14.0. The lowest BCUT2D eigenvalue weighted by atomic mass is 10.1. The fraction of sp³-hybridized carbons (Fsp3) is 0.333. The highest BCUT2D eigenvalue weighted by Gasteiger charge is 2.22. The van der Waals surface area contributed by atoms with Crippen molar-refractivity contribution in [3.05, 3.63) is 54.1 Å². The molecule has 0 atom stereocenters. The van der Waals surface area contributed by atoms with Gasteiger partial charge in [-0.3, -0.25) is 10.3 Å². The van der Waals surface area contributed by atoms with Crippen molar-refractivity contribution in [3.63, 3.8) is 0 Å². The summed E-state index contributed by atoms with van der Waals surface area (Å²) in [6, 6.07) is 10.8. The number of nitrogens with zero attached hydrogens (tertiary/aromatic N) is 1. The van der Waals surface area contributed by atoms with Gasteiger partial charge in [-0.15, -0.1) is 0 Å². The maximum atomic E-state index is 11.7. The summed E-state index contributed by atoms with van der Waals surface area (Å²) in [5.41, 5.74) is 4.54. The van der Waals surface area contributed by atoms with Crippen LogP contribution in [0.1, 0.15) is 38.3 Å². The van der Waals surface area contributed by atoms with Crippen molar-refractivity contribution in [1.82, 2.24) is 0 Å². The van der Waals surface area contributed by atoms with Crippen LogP contribution in [0.3, 0.4) is 0 Å². The summed E-state index contributed by atoms with van der Waals surface area (Å²) in [4.78, 5) is 16.1. The van der Waals surface area contributed by atoms with Gasteiger partial charge >= 0.3 is 6.09 Å². The van der Waals surface area contributed by atoms with Crippen LogP contribution in [-0.2, 0) is 4.74 Å². The molecule has 0 aliphatic heterocycles. The second-order valence-corrected chi connectivity index (χ2v) is 9.45. The van der Waals surface area contributed by atoms with E-state index >= 15 is 0 Å². The monoisotopic (exact) mass is 513 g/mol. The number of ether oxygens (including phenoxy) is 2. The zero-order valence-corrected chi connectivity index (χ0v) is 21.7. The van der Waals surface area contributed by atoms with Crippen LogP contribution in [0.4, 0.5) is 21.9 Å². The number of amides is 1. The van der Waals surface area contributed by atoms with E-state index in [0.29, 0.717) is 11.4 Å². The largest absolute Gasteiger partial charge is 0.496 e. The molecule has 1 amide bonds. The van der Waals surface area contributed by atoms with Crippen molar-refractivity contribution in [2.45, 2.75) is 37.9 Å². The van der Waals surface area contributed by atoms with Gasteiger partial charge in [-0.05, 0) is 49.7 Å². The molecule has 0 spiro atoms. The minimum absolute atomic E-state index is 0.354. The number of benzene rings is 2. The first-order chi connectivity index (χ1) is 15.5. The van der Waals surface area contributed by atoms with E-state index in [1.54, 1.807) is 37.6 Å². The number of hydrogen-bond donors (Lipinski definition) is 2. The Morgan fingerprint density at radius 1 is 1.12 bits per heavy atom. The van der Waals surface area contributed by atoms with E-state index in [1.165, 1.54) is 6.42 Å². The molecule has 2 aromatic carbocycles. The lowest BCUT2D eigenvalue weighted by Gasteiger charge is -2.15. The zero-order valence-electron chi connectivity index (χ0n) is 19.5. The molecule has 0 heterocycles. The number of carbonyl (C=O) groups excluding carboxylic acids is 1. The number of anilines is 2. The molecule has 0 bridgehead atoms. The third-order valence-electron chi connectivity index (χ3n) is 3.90. The van der Waals surface area contributed by atoms with Gasteiger partial charge < -0.3 is 14.8 Å². The van der Waals surface area contributed by atoms with Gasteiger partial charge in [-0.1, -0.05) is 61.7 Å². The Morgan fingerprint density at radius 2 is 1.67 bits per heavy atom. The number of hydrogen-bond acceptors (Lipinski definition) is 5. The predicted molar refractivity (Wildman–Crippen MR) is 142 cm³/mol. The molecular formula is C24H30Cl3N3O3. The van der Waals surface area contributed by atoms with Crippen LogP contribution in [0, 0.1) is 6.92 Å². The van der Waals surface area contributed by atoms with Crippen LogP contribution in [0.25, 0.3) is 5.70 Å². The first-order valence-corrected chi connectivity index (χ1v) is 11.4. The lowest BCUT2D eigenvalue weighted by molar-refractivity contribution is 0.164.